The van der Waals surface area contributed by atoms with Crippen molar-refractivity contribution >= 4 is 17.5 Å². The summed E-state index contributed by atoms with van der Waals surface area (Å²) in [6.45, 7) is 1.66. The minimum Gasteiger partial charge on any atom is -0.490 e. The molecule has 2 N–H and O–H groups in total. The van der Waals surface area contributed by atoms with Crippen molar-refractivity contribution in [2.24, 2.45) is 0 Å². The Morgan fingerprint density at radius 3 is 2.95 bits per heavy atom. The van der Waals surface area contributed by atoms with Crippen molar-refractivity contribution in [2.75, 3.05) is 23.8 Å². The van der Waals surface area contributed by atoms with Gasteiger partial charge >= 0.3 is 6.09 Å². The maximum absolute atomic E-state index is 11.8. The lowest BCUT2D eigenvalue weighted by molar-refractivity contribution is 0.155. The summed E-state index contributed by atoms with van der Waals surface area (Å²) in [6.07, 6.45) is -0.484. The summed E-state index contributed by atoms with van der Waals surface area (Å²) < 4.78 is 10.7. The molecular weight excluding hydrogens is 268 g/mol. The lowest BCUT2D eigenvalue weighted by atomic mass is 10.2. The number of benzene rings is 2. The van der Waals surface area contributed by atoms with E-state index in [1.54, 1.807) is 6.07 Å². The highest BCUT2D eigenvalue weighted by Gasteiger charge is 2.11. The molecule has 0 bridgehead atoms. The third-order valence-corrected chi connectivity index (χ3v) is 3.12. The summed E-state index contributed by atoms with van der Waals surface area (Å²) in [4.78, 5) is 11.8. The van der Waals surface area contributed by atoms with Gasteiger partial charge in [0.25, 0.3) is 0 Å². The summed E-state index contributed by atoms with van der Waals surface area (Å²) in [6, 6.07) is 15.0. The van der Waals surface area contributed by atoms with Crippen molar-refractivity contribution in [2.45, 2.75) is 6.61 Å². The van der Waals surface area contributed by atoms with E-state index in [2.05, 4.69) is 10.6 Å². The maximum Gasteiger partial charge on any atom is 0.411 e. The van der Waals surface area contributed by atoms with Crippen LogP contribution >= 0.6 is 0 Å². The zero-order valence-corrected chi connectivity index (χ0v) is 11.5. The standard InChI is InChI=1S/C16H16N2O3/c19-16(21-11-12-4-2-1-3-5-12)18-13-6-7-14-15(10-13)20-9-8-17-14/h1-7,10,17H,8-9,11H2,(H,18,19). The van der Waals surface area contributed by atoms with Crippen molar-refractivity contribution < 1.29 is 14.3 Å². The summed E-state index contributed by atoms with van der Waals surface area (Å²) >= 11 is 0. The fourth-order valence-corrected chi connectivity index (χ4v) is 2.09. The quantitative estimate of drug-likeness (QED) is 0.908. The number of ether oxygens (including phenoxy) is 2. The van der Waals surface area contributed by atoms with E-state index in [0.29, 0.717) is 12.3 Å². The minimum absolute atomic E-state index is 0.246. The molecule has 0 saturated carbocycles. The molecule has 2 aromatic carbocycles. The van der Waals surface area contributed by atoms with Gasteiger partial charge in [0.1, 0.15) is 19.0 Å². The van der Waals surface area contributed by atoms with Gasteiger partial charge in [0.15, 0.2) is 0 Å². The first-order chi connectivity index (χ1) is 10.3. The lowest BCUT2D eigenvalue weighted by Gasteiger charge is -2.19. The van der Waals surface area contributed by atoms with Gasteiger partial charge in [0, 0.05) is 18.3 Å². The summed E-state index contributed by atoms with van der Waals surface area (Å²) in [5.41, 5.74) is 2.53. The highest BCUT2D eigenvalue weighted by atomic mass is 16.5. The average Bonchev–Trinajstić information content (AvgIpc) is 2.54. The average molecular weight is 284 g/mol. The topological polar surface area (TPSA) is 59.6 Å². The number of anilines is 2. The summed E-state index contributed by atoms with van der Waals surface area (Å²) in [5.74, 6) is 0.738. The van der Waals surface area contributed by atoms with Crippen molar-refractivity contribution in [1.82, 2.24) is 0 Å². The Kier molecular flexibility index (Phi) is 3.91. The number of carbonyl (C=O) groups excluding carboxylic acids is 1. The van der Waals surface area contributed by atoms with Gasteiger partial charge in [-0.15, -0.1) is 0 Å². The third-order valence-electron chi connectivity index (χ3n) is 3.12. The fraction of sp³-hybridized carbons (Fsp3) is 0.188. The van der Waals surface area contributed by atoms with E-state index in [0.717, 1.165) is 23.5 Å². The molecule has 5 nitrogen and oxygen atoms in total. The molecule has 1 aliphatic rings. The molecule has 0 saturated heterocycles. The first-order valence-electron chi connectivity index (χ1n) is 6.80. The minimum atomic E-state index is -0.484. The Balaban J connectivity index is 1.57. The number of fused-ring (bicyclic) bond motifs is 1. The molecule has 0 atom stereocenters. The second-order valence-corrected chi connectivity index (χ2v) is 4.67. The number of carbonyl (C=O) groups is 1. The number of hydrogen-bond acceptors (Lipinski definition) is 4. The van der Waals surface area contributed by atoms with Crippen LogP contribution in [0.3, 0.4) is 0 Å². The van der Waals surface area contributed by atoms with E-state index in [-0.39, 0.29) is 6.61 Å². The predicted molar refractivity (Wildman–Crippen MR) is 80.7 cm³/mol. The molecule has 3 rings (SSSR count). The van der Waals surface area contributed by atoms with E-state index >= 15 is 0 Å². The molecule has 2 aromatic rings. The third kappa shape index (κ3) is 3.45. The predicted octanol–water partition coefficient (Wildman–Crippen LogP) is 3.24. The van der Waals surface area contributed by atoms with Gasteiger partial charge in [0.2, 0.25) is 0 Å². The van der Waals surface area contributed by atoms with E-state index in [4.69, 9.17) is 9.47 Å². The molecule has 0 aromatic heterocycles. The van der Waals surface area contributed by atoms with Crippen LogP contribution in [0.4, 0.5) is 16.2 Å². The van der Waals surface area contributed by atoms with Crippen molar-refractivity contribution in [3.8, 4) is 5.75 Å². The van der Waals surface area contributed by atoms with E-state index in [1.165, 1.54) is 0 Å². The Bertz CT molecular complexity index is 629. The van der Waals surface area contributed by atoms with Gasteiger partial charge in [-0.1, -0.05) is 30.3 Å². The van der Waals surface area contributed by atoms with Gasteiger partial charge in [-0.3, -0.25) is 5.32 Å². The van der Waals surface area contributed by atoms with Crippen LogP contribution in [0.1, 0.15) is 5.56 Å². The SMILES string of the molecule is O=C(Nc1ccc2c(c1)OCCN2)OCc1ccccc1. The normalized spacial score (nSPS) is 12.6. The number of hydrogen-bond donors (Lipinski definition) is 2. The van der Waals surface area contributed by atoms with Gasteiger partial charge in [-0.25, -0.2) is 4.79 Å². The number of nitrogens with one attached hydrogen (secondary N) is 2. The van der Waals surface area contributed by atoms with Gasteiger partial charge in [-0.05, 0) is 17.7 Å². The fourth-order valence-electron chi connectivity index (χ4n) is 2.09. The van der Waals surface area contributed by atoms with Crippen LogP contribution in [0.5, 0.6) is 5.75 Å². The largest absolute Gasteiger partial charge is 0.490 e. The van der Waals surface area contributed by atoms with Crippen LogP contribution in [0, 0.1) is 0 Å². The summed E-state index contributed by atoms with van der Waals surface area (Å²) in [7, 11) is 0. The first kappa shape index (κ1) is 13.3. The van der Waals surface area contributed by atoms with Gasteiger partial charge in [-0.2, -0.15) is 0 Å². The zero-order valence-electron chi connectivity index (χ0n) is 11.5. The molecule has 0 radical (unpaired) electrons. The van der Waals surface area contributed by atoms with Gasteiger partial charge in [0.05, 0.1) is 5.69 Å². The molecule has 1 aliphatic heterocycles. The molecule has 5 heteroatoms. The zero-order chi connectivity index (χ0) is 14.5. The van der Waals surface area contributed by atoms with Crippen molar-refractivity contribution in [3.05, 3.63) is 54.1 Å². The Morgan fingerprint density at radius 2 is 2.10 bits per heavy atom. The van der Waals surface area contributed by atoms with Crippen LogP contribution in [0.15, 0.2) is 48.5 Å². The van der Waals surface area contributed by atoms with Gasteiger partial charge < -0.3 is 14.8 Å². The molecule has 21 heavy (non-hydrogen) atoms. The highest BCUT2D eigenvalue weighted by molar-refractivity contribution is 5.85. The van der Waals surface area contributed by atoms with Crippen LogP contribution < -0.4 is 15.4 Å². The van der Waals surface area contributed by atoms with E-state index in [1.807, 2.05) is 42.5 Å². The molecule has 0 aliphatic carbocycles. The summed E-state index contributed by atoms with van der Waals surface area (Å²) in [5, 5.41) is 5.91. The first-order valence-corrected chi connectivity index (χ1v) is 6.80. The molecule has 0 fully saturated rings. The second-order valence-electron chi connectivity index (χ2n) is 4.67. The lowest BCUT2D eigenvalue weighted by Crippen LogP contribution is -2.18. The number of amides is 1. The van der Waals surface area contributed by atoms with Crippen molar-refractivity contribution in [1.29, 1.82) is 0 Å². The number of rotatable bonds is 3. The Labute approximate surface area is 122 Å². The molecule has 0 spiro atoms. The molecule has 1 heterocycles. The molecular formula is C16H16N2O3. The second kappa shape index (κ2) is 6.17. The van der Waals surface area contributed by atoms with E-state index < -0.39 is 6.09 Å². The van der Waals surface area contributed by atoms with Crippen molar-refractivity contribution in [3.63, 3.8) is 0 Å². The Morgan fingerprint density at radius 1 is 1.24 bits per heavy atom. The van der Waals surface area contributed by atoms with Crippen LogP contribution in [-0.2, 0) is 11.3 Å². The molecule has 1 amide bonds. The van der Waals surface area contributed by atoms with E-state index in [9.17, 15) is 4.79 Å². The highest BCUT2D eigenvalue weighted by Crippen LogP contribution is 2.30. The maximum atomic E-state index is 11.8. The van der Waals surface area contributed by atoms with Crippen LogP contribution in [0.25, 0.3) is 0 Å². The smallest absolute Gasteiger partial charge is 0.411 e. The Hall–Kier alpha value is -2.69. The molecule has 108 valence electrons. The van der Waals surface area contributed by atoms with Crippen LogP contribution in [-0.4, -0.2) is 19.2 Å². The van der Waals surface area contributed by atoms with Crippen LogP contribution in [0.2, 0.25) is 0 Å². The monoisotopic (exact) mass is 284 g/mol. The molecule has 0 unspecified atom stereocenters.